The molecule has 0 spiro atoms. The molecule has 15 heteroatoms. The Balaban J connectivity index is 2.07. The van der Waals surface area contributed by atoms with Gasteiger partial charge in [0.05, 0.1) is 12.0 Å². The van der Waals surface area contributed by atoms with Crippen molar-refractivity contribution in [1.82, 2.24) is 19.5 Å². The maximum Gasteiger partial charge on any atom is 0.417 e. The first-order valence-corrected chi connectivity index (χ1v) is 11.4. The smallest absolute Gasteiger partial charge is 0.369 e. The molecule has 180 valence electrons. The van der Waals surface area contributed by atoms with Crippen LogP contribution in [0.4, 0.5) is 23.5 Å². The molecule has 6 atom stereocenters. The van der Waals surface area contributed by atoms with Crippen molar-refractivity contribution < 1.29 is 36.3 Å². The molecule has 4 N–H and O–H groups in total. The summed E-state index contributed by atoms with van der Waals surface area (Å²) in [6, 6.07) is 0. The molecule has 0 radical (unpaired) electrons. The van der Waals surface area contributed by atoms with Crippen molar-refractivity contribution in [2.24, 2.45) is 11.8 Å². The number of imidazole rings is 1. The first kappa shape index (κ1) is 24.6. The van der Waals surface area contributed by atoms with Crippen molar-refractivity contribution in [1.29, 1.82) is 0 Å². The van der Waals surface area contributed by atoms with Crippen LogP contribution in [0.5, 0.6) is 0 Å². The van der Waals surface area contributed by atoms with E-state index in [4.69, 9.17) is 10.5 Å². The Labute approximate surface area is 179 Å². The van der Waals surface area contributed by atoms with E-state index < -0.39 is 61.4 Å². The molecule has 6 unspecified atom stereocenters. The van der Waals surface area contributed by atoms with Gasteiger partial charge in [0.1, 0.15) is 6.10 Å². The van der Waals surface area contributed by atoms with Crippen molar-refractivity contribution in [2.75, 3.05) is 5.73 Å². The Morgan fingerprint density at radius 3 is 2.50 bits per heavy atom. The number of nitrogens with one attached hydrogen (secondary N) is 1. The Kier molecular flexibility index (Phi) is 6.46. The highest BCUT2D eigenvalue weighted by molar-refractivity contribution is 7.53. The lowest BCUT2D eigenvalue weighted by atomic mass is 9.85. The highest BCUT2D eigenvalue weighted by Gasteiger charge is 2.59. The van der Waals surface area contributed by atoms with E-state index >= 15 is 4.39 Å². The monoisotopic (exact) mass is 485 g/mol. The van der Waals surface area contributed by atoms with Crippen LogP contribution < -0.4 is 11.3 Å². The molecule has 2 aromatic rings. The summed E-state index contributed by atoms with van der Waals surface area (Å²) in [5.74, 6) is -2.33. The van der Waals surface area contributed by atoms with Crippen molar-refractivity contribution in [3.05, 3.63) is 16.7 Å². The van der Waals surface area contributed by atoms with Gasteiger partial charge in [-0.2, -0.15) is 18.2 Å². The summed E-state index contributed by atoms with van der Waals surface area (Å²) in [5.41, 5.74) is 3.30. The van der Waals surface area contributed by atoms with Crippen LogP contribution in [0, 0.1) is 11.8 Å². The van der Waals surface area contributed by atoms with E-state index in [0.717, 1.165) is 10.9 Å². The van der Waals surface area contributed by atoms with E-state index in [0.29, 0.717) is 0 Å². The van der Waals surface area contributed by atoms with Crippen LogP contribution in [0.2, 0.25) is 0 Å². The normalized spacial score (nSPS) is 27.3. The van der Waals surface area contributed by atoms with Crippen molar-refractivity contribution in [3.8, 4) is 0 Å². The summed E-state index contributed by atoms with van der Waals surface area (Å²) >= 11 is 0. The van der Waals surface area contributed by atoms with E-state index in [1.54, 1.807) is 0 Å². The Bertz CT molecular complexity index is 1090. The molecule has 0 aromatic carbocycles. The van der Waals surface area contributed by atoms with Gasteiger partial charge >= 0.3 is 13.8 Å². The predicted octanol–water partition coefficient (Wildman–Crippen LogP) is 2.75. The van der Waals surface area contributed by atoms with Gasteiger partial charge in [-0.3, -0.25) is 23.4 Å². The second kappa shape index (κ2) is 8.40. The summed E-state index contributed by atoms with van der Waals surface area (Å²) in [6.45, 7) is 5.46. The lowest BCUT2D eigenvalue weighted by Crippen LogP contribution is -2.46. The number of aromatic nitrogens is 4. The van der Waals surface area contributed by atoms with Crippen LogP contribution >= 0.6 is 7.60 Å². The Morgan fingerprint density at radius 1 is 1.34 bits per heavy atom. The highest BCUT2D eigenvalue weighted by atomic mass is 31.2. The Morgan fingerprint density at radius 2 is 1.97 bits per heavy atom. The number of nitrogens with zero attached hydrogens (tertiary/aromatic N) is 3. The van der Waals surface area contributed by atoms with E-state index in [1.165, 1.54) is 27.7 Å². The molecule has 32 heavy (non-hydrogen) atoms. The minimum absolute atomic E-state index is 0.179. The second-order valence-corrected chi connectivity index (χ2v) is 10.6. The lowest BCUT2D eigenvalue weighted by molar-refractivity contribution is -0.235. The van der Waals surface area contributed by atoms with E-state index in [9.17, 15) is 27.4 Å². The molecule has 3 heterocycles. The van der Waals surface area contributed by atoms with Gasteiger partial charge in [0.25, 0.3) is 5.56 Å². The third-order valence-electron chi connectivity index (χ3n) is 5.35. The summed E-state index contributed by atoms with van der Waals surface area (Å²) in [4.78, 5) is 31.9. The summed E-state index contributed by atoms with van der Waals surface area (Å²) < 4.78 is 80.6. The van der Waals surface area contributed by atoms with Gasteiger partial charge in [0, 0.05) is 5.92 Å². The van der Waals surface area contributed by atoms with Crippen molar-refractivity contribution in [2.45, 2.75) is 64.1 Å². The minimum Gasteiger partial charge on any atom is -0.369 e. The fourth-order valence-corrected chi connectivity index (χ4v) is 4.47. The SMILES string of the molecule is CC(C)C1C(F)C(n2cnc3c(=O)[nH]c(N)nc32)OC1C(OP(=O)(O)C(C)C)C(F)(F)F. The number of fused-ring (bicyclic) bond motifs is 1. The van der Waals surface area contributed by atoms with Crippen LogP contribution in [0.1, 0.15) is 33.9 Å². The third kappa shape index (κ3) is 4.41. The molecule has 1 fully saturated rings. The minimum atomic E-state index is -5.13. The van der Waals surface area contributed by atoms with E-state index in [-0.39, 0.29) is 17.1 Å². The largest absolute Gasteiger partial charge is 0.417 e. The zero-order valence-corrected chi connectivity index (χ0v) is 18.5. The summed E-state index contributed by atoms with van der Waals surface area (Å²) in [7, 11) is -4.69. The molecule has 1 aliphatic rings. The summed E-state index contributed by atoms with van der Waals surface area (Å²) in [5, 5.41) is 0. The van der Waals surface area contributed by atoms with Gasteiger partial charge in [0.2, 0.25) is 5.95 Å². The molecule has 3 rings (SSSR count). The maximum absolute atomic E-state index is 15.5. The number of anilines is 1. The molecule has 0 aliphatic carbocycles. The number of aromatic amines is 1. The molecule has 1 aliphatic heterocycles. The molecular formula is C17H24F4N5O5P. The molecule has 0 saturated carbocycles. The first-order chi connectivity index (χ1) is 14.6. The molecule has 1 saturated heterocycles. The first-order valence-electron chi connectivity index (χ1n) is 9.74. The van der Waals surface area contributed by atoms with Gasteiger partial charge in [-0.1, -0.05) is 27.7 Å². The second-order valence-electron chi connectivity index (χ2n) is 8.26. The topological polar surface area (TPSA) is 145 Å². The number of alkyl halides is 4. The standard InChI is InChI=1S/C17H24F4N5O5P/c1-6(2)8-9(18)15(26-5-23-10-13(26)24-16(22)25-14(10)27)30-11(8)12(17(19,20)21)31-32(28,29)7(3)4/h5-9,11-12,15H,1-4H3,(H,28,29)(H3,22,24,25,27). The molecule has 10 nitrogen and oxygen atoms in total. The molecule has 0 bridgehead atoms. The number of ether oxygens (including phenoxy) is 1. The van der Waals surface area contributed by atoms with Gasteiger partial charge in [-0.05, 0) is 5.92 Å². The lowest BCUT2D eigenvalue weighted by Gasteiger charge is -2.32. The number of hydrogen-bond donors (Lipinski definition) is 3. The number of rotatable bonds is 6. The van der Waals surface area contributed by atoms with Gasteiger partial charge in [-0.15, -0.1) is 0 Å². The Hall–Kier alpha value is -2.02. The number of halogens is 4. The van der Waals surface area contributed by atoms with Crippen LogP contribution in [0.25, 0.3) is 11.2 Å². The quantitative estimate of drug-likeness (QED) is 0.418. The van der Waals surface area contributed by atoms with Crippen molar-refractivity contribution >= 4 is 24.7 Å². The van der Waals surface area contributed by atoms with Gasteiger partial charge in [-0.25, -0.2) is 9.37 Å². The fourth-order valence-electron chi connectivity index (χ4n) is 3.66. The zero-order chi connectivity index (χ0) is 24.2. The van der Waals surface area contributed by atoms with E-state index in [2.05, 4.69) is 19.5 Å². The predicted molar refractivity (Wildman–Crippen MR) is 106 cm³/mol. The number of nitrogens with two attached hydrogens (primary N) is 1. The van der Waals surface area contributed by atoms with Crippen LogP contribution in [0.15, 0.2) is 11.1 Å². The average molecular weight is 485 g/mol. The van der Waals surface area contributed by atoms with Crippen LogP contribution in [-0.2, 0) is 13.8 Å². The number of nitrogen functional groups attached to an aromatic ring is 1. The fraction of sp³-hybridized carbons (Fsp3) is 0.706. The van der Waals surface area contributed by atoms with E-state index in [1.807, 2.05) is 0 Å². The van der Waals surface area contributed by atoms with Crippen LogP contribution in [-0.4, -0.2) is 54.6 Å². The average Bonchev–Trinajstić information content (AvgIpc) is 3.19. The molecule has 0 amide bonds. The highest BCUT2D eigenvalue weighted by Crippen LogP contribution is 2.54. The number of H-pyrrole nitrogens is 1. The third-order valence-corrected chi connectivity index (χ3v) is 7.18. The molecule has 2 aromatic heterocycles. The van der Waals surface area contributed by atoms with Crippen molar-refractivity contribution in [3.63, 3.8) is 0 Å². The number of hydrogen-bond acceptors (Lipinski definition) is 7. The van der Waals surface area contributed by atoms with Crippen LogP contribution in [0.3, 0.4) is 0 Å². The van der Waals surface area contributed by atoms with Gasteiger partial charge < -0.3 is 15.4 Å². The molecular weight excluding hydrogens is 461 g/mol. The van der Waals surface area contributed by atoms with Gasteiger partial charge in [0.15, 0.2) is 29.7 Å². The maximum atomic E-state index is 15.5. The summed E-state index contributed by atoms with van der Waals surface area (Å²) in [6.07, 6.45) is -12.6. The zero-order valence-electron chi connectivity index (χ0n) is 17.6.